The molecule has 0 aliphatic carbocycles. The predicted molar refractivity (Wildman–Crippen MR) is 77.5 cm³/mol. The highest BCUT2D eigenvalue weighted by atomic mass is 35.5. The van der Waals surface area contributed by atoms with Gasteiger partial charge in [-0.2, -0.15) is 4.98 Å². The third-order valence-corrected chi connectivity index (χ3v) is 3.29. The minimum atomic E-state index is -1.08. The number of carbonyl (C=O) groups is 2. The van der Waals surface area contributed by atoms with Gasteiger partial charge in [-0.1, -0.05) is 0 Å². The van der Waals surface area contributed by atoms with Crippen LogP contribution in [0.2, 0.25) is 5.28 Å². The van der Waals surface area contributed by atoms with E-state index in [9.17, 15) is 14.7 Å². The number of carboxylic acids is 1. The lowest BCUT2D eigenvalue weighted by Gasteiger charge is -2.29. The van der Waals surface area contributed by atoms with Gasteiger partial charge in [0.25, 0.3) is 0 Å². The number of halogens is 1. The summed E-state index contributed by atoms with van der Waals surface area (Å²) in [6, 6.07) is 1.49. The van der Waals surface area contributed by atoms with E-state index in [0.29, 0.717) is 11.0 Å². The molecule has 0 aliphatic heterocycles. The zero-order valence-electron chi connectivity index (χ0n) is 11.8. The Hall–Kier alpha value is -2.15. The second kappa shape index (κ2) is 5.33. The summed E-state index contributed by atoms with van der Waals surface area (Å²) in [4.78, 5) is 30.6. The summed E-state index contributed by atoms with van der Waals surface area (Å²) in [5.74, 6) is -1.27. The minimum absolute atomic E-state index is 0.0362. The lowest BCUT2D eigenvalue weighted by atomic mass is 10.0. The van der Waals surface area contributed by atoms with Crippen LogP contribution in [0.3, 0.4) is 0 Å². The van der Waals surface area contributed by atoms with Gasteiger partial charge in [0.15, 0.2) is 0 Å². The fourth-order valence-electron chi connectivity index (χ4n) is 2.16. The third-order valence-electron chi connectivity index (χ3n) is 3.11. The van der Waals surface area contributed by atoms with Crippen LogP contribution in [0.4, 0.5) is 0 Å². The highest BCUT2D eigenvalue weighted by molar-refractivity contribution is 6.28. The third kappa shape index (κ3) is 2.97. The Morgan fingerprint density at radius 2 is 2.14 bits per heavy atom. The van der Waals surface area contributed by atoms with Gasteiger partial charge in [0, 0.05) is 25.1 Å². The number of hydrogen-bond donors (Lipinski definition) is 2. The van der Waals surface area contributed by atoms with Crippen molar-refractivity contribution in [1.29, 1.82) is 0 Å². The van der Waals surface area contributed by atoms with Gasteiger partial charge in [-0.05, 0) is 31.5 Å². The second-order valence-electron chi connectivity index (χ2n) is 5.31. The van der Waals surface area contributed by atoms with E-state index in [4.69, 9.17) is 11.6 Å². The summed E-state index contributed by atoms with van der Waals surface area (Å²) in [6.07, 6.45) is 1.47. The molecule has 0 saturated carbocycles. The fourth-order valence-corrected chi connectivity index (χ4v) is 2.29. The number of amides is 1. The maximum atomic E-state index is 11.5. The highest BCUT2D eigenvalue weighted by Crippen LogP contribution is 2.27. The molecule has 0 aliphatic rings. The lowest BCUT2D eigenvalue weighted by molar-refractivity contribution is -0.119. The Morgan fingerprint density at radius 1 is 1.48 bits per heavy atom. The molecule has 7 nitrogen and oxygen atoms in total. The van der Waals surface area contributed by atoms with Crippen molar-refractivity contribution < 1.29 is 14.7 Å². The number of aromatic carboxylic acids is 1. The van der Waals surface area contributed by atoms with E-state index in [1.54, 1.807) is 4.57 Å². The van der Waals surface area contributed by atoms with Crippen molar-refractivity contribution in [3.05, 3.63) is 23.2 Å². The molecule has 2 aromatic rings. The van der Waals surface area contributed by atoms with Crippen molar-refractivity contribution in [2.24, 2.45) is 0 Å². The molecule has 8 heteroatoms. The molecule has 0 fully saturated rings. The number of carboxylic acid groups (broad SMARTS) is 1. The fraction of sp³-hybridized carbons (Fsp3) is 0.385. The maximum Gasteiger partial charge on any atom is 0.352 e. The molecule has 112 valence electrons. The van der Waals surface area contributed by atoms with E-state index in [2.05, 4.69) is 15.3 Å². The average molecular weight is 311 g/mol. The first kappa shape index (κ1) is 15.2. The van der Waals surface area contributed by atoms with Gasteiger partial charge in [-0.3, -0.25) is 4.79 Å². The van der Waals surface area contributed by atoms with Gasteiger partial charge >= 0.3 is 5.97 Å². The first-order valence-electron chi connectivity index (χ1n) is 6.24. The SMILES string of the molecule is CC(=O)NCC(C)(C)n1c(C(=O)O)cc2cnc(Cl)nc21. The topological polar surface area (TPSA) is 97.1 Å². The summed E-state index contributed by atoms with van der Waals surface area (Å²) in [6.45, 7) is 5.28. The predicted octanol–water partition coefficient (Wildman–Crippen LogP) is 1.65. The Bertz CT molecular complexity index is 724. The molecule has 0 saturated heterocycles. The molecule has 0 bridgehead atoms. The number of nitrogens with one attached hydrogen (secondary N) is 1. The van der Waals surface area contributed by atoms with Crippen LogP contribution in [0.25, 0.3) is 11.0 Å². The van der Waals surface area contributed by atoms with Crippen LogP contribution in [0, 0.1) is 0 Å². The van der Waals surface area contributed by atoms with Crippen LogP contribution in [0.5, 0.6) is 0 Å². The first-order valence-corrected chi connectivity index (χ1v) is 6.62. The number of hydrogen-bond acceptors (Lipinski definition) is 4. The van der Waals surface area contributed by atoms with Crippen LogP contribution in [-0.4, -0.2) is 38.1 Å². The molecule has 0 aromatic carbocycles. The monoisotopic (exact) mass is 310 g/mol. The van der Waals surface area contributed by atoms with Crippen LogP contribution in [0.1, 0.15) is 31.3 Å². The molecule has 21 heavy (non-hydrogen) atoms. The van der Waals surface area contributed by atoms with Gasteiger partial charge in [0.1, 0.15) is 11.3 Å². The van der Waals surface area contributed by atoms with Crippen molar-refractivity contribution in [3.8, 4) is 0 Å². The van der Waals surface area contributed by atoms with Gasteiger partial charge in [-0.25, -0.2) is 9.78 Å². The Labute approximate surface area is 125 Å². The second-order valence-corrected chi connectivity index (χ2v) is 5.65. The van der Waals surface area contributed by atoms with Crippen molar-refractivity contribution in [2.45, 2.75) is 26.3 Å². The molecule has 0 atom stereocenters. The normalized spacial score (nSPS) is 11.6. The van der Waals surface area contributed by atoms with Crippen molar-refractivity contribution in [1.82, 2.24) is 19.9 Å². The molecule has 0 unspecified atom stereocenters. The Morgan fingerprint density at radius 3 is 2.71 bits per heavy atom. The molecular formula is C13H15ClN4O3. The molecule has 2 heterocycles. The molecule has 2 rings (SSSR count). The molecular weight excluding hydrogens is 296 g/mol. The number of nitrogens with zero attached hydrogens (tertiary/aromatic N) is 3. The van der Waals surface area contributed by atoms with Crippen LogP contribution >= 0.6 is 11.6 Å². The van der Waals surface area contributed by atoms with Crippen LogP contribution in [-0.2, 0) is 10.3 Å². The zero-order valence-corrected chi connectivity index (χ0v) is 12.6. The Balaban J connectivity index is 2.63. The van der Waals surface area contributed by atoms with Crippen LogP contribution in [0.15, 0.2) is 12.3 Å². The van der Waals surface area contributed by atoms with E-state index < -0.39 is 11.5 Å². The van der Waals surface area contributed by atoms with E-state index in [-0.39, 0.29) is 23.4 Å². The number of fused-ring (bicyclic) bond motifs is 1. The standard InChI is InChI=1S/C13H15ClN4O3/c1-7(19)16-6-13(2,3)18-9(11(20)21)4-8-5-15-12(14)17-10(8)18/h4-5H,6H2,1-3H3,(H,16,19)(H,20,21). The van der Waals surface area contributed by atoms with Gasteiger partial charge in [0.2, 0.25) is 11.2 Å². The quantitative estimate of drug-likeness (QED) is 0.837. The minimum Gasteiger partial charge on any atom is -0.477 e. The average Bonchev–Trinajstić information content (AvgIpc) is 2.76. The first-order chi connectivity index (χ1) is 9.72. The number of carbonyl (C=O) groups excluding carboxylic acids is 1. The van der Waals surface area contributed by atoms with E-state index in [0.717, 1.165) is 0 Å². The molecule has 0 spiro atoms. The van der Waals surface area contributed by atoms with Crippen LogP contribution < -0.4 is 5.32 Å². The van der Waals surface area contributed by atoms with Crippen molar-refractivity contribution in [2.75, 3.05) is 6.54 Å². The summed E-state index contributed by atoms with van der Waals surface area (Å²) in [5.41, 5.74) is -0.210. The number of rotatable bonds is 4. The zero-order chi connectivity index (χ0) is 15.8. The molecule has 0 radical (unpaired) electrons. The smallest absolute Gasteiger partial charge is 0.352 e. The summed E-state index contributed by atoms with van der Waals surface area (Å²) < 4.78 is 1.55. The number of aromatic nitrogens is 3. The molecule has 2 aromatic heterocycles. The highest BCUT2D eigenvalue weighted by Gasteiger charge is 2.29. The summed E-state index contributed by atoms with van der Waals surface area (Å²) in [5, 5.41) is 12.7. The van der Waals surface area contributed by atoms with E-state index in [1.165, 1.54) is 19.2 Å². The molecule has 1 amide bonds. The van der Waals surface area contributed by atoms with Gasteiger partial charge < -0.3 is 15.0 Å². The van der Waals surface area contributed by atoms with Crippen molar-refractivity contribution >= 4 is 34.5 Å². The van der Waals surface area contributed by atoms with E-state index >= 15 is 0 Å². The summed E-state index contributed by atoms with van der Waals surface area (Å²) in [7, 11) is 0. The Kier molecular flexibility index (Phi) is 3.87. The van der Waals surface area contributed by atoms with Crippen molar-refractivity contribution in [3.63, 3.8) is 0 Å². The lowest BCUT2D eigenvalue weighted by Crippen LogP contribution is -2.41. The van der Waals surface area contributed by atoms with E-state index in [1.807, 2.05) is 13.8 Å². The summed E-state index contributed by atoms with van der Waals surface area (Å²) >= 11 is 5.80. The largest absolute Gasteiger partial charge is 0.477 e. The van der Waals surface area contributed by atoms with Gasteiger partial charge in [-0.15, -0.1) is 0 Å². The maximum absolute atomic E-state index is 11.5. The van der Waals surface area contributed by atoms with Gasteiger partial charge in [0.05, 0.1) is 5.54 Å². The molecule has 2 N–H and O–H groups in total.